The third-order valence-electron chi connectivity index (χ3n) is 5.18. The van der Waals surface area contributed by atoms with Crippen LogP contribution < -0.4 is 10.2 Å². The van der Waals surface area contributed by atoms with E-state index in [1.165, 1.54) is 70.4 Å². The summed E-state index contributed by atoms with van der Waals surface area (Å²) in [6, 6.07) is 9.03. The van der Waals surface area contributed by atoms with Gasteiger partial charge in [-0.2, -0.15) is 0 Å². The first kappa shape index (κ1) is 13.9. The van der Waals surface area contributed by atoms with Gasteiger partial charge >= 0.3 is 0 Å². The molecule has 0 bridgehead atoms. The lowest BCUT2D eigenvalue weighted by Gasteiger charge is -2.44. The molecule has 0 unspecified atom stereocenters. The maximum absolute atomic E-state index is 3.54. The maximum atomic E-state index is 3.54. The van der Waals surface area contributed by atoms with E-state index in [2.05, 4.69) is 41.4 Å². The molecule has 2 nitrogen and oxygen atoms in total. The van der Waals surface area contributed by atoms with Crippen molar-refractivity contribution in [2.24, 2.45) is 5.41 Å². The van der Waals surface area contributed by atoms with Crippen LogP contribution in [0.4, 0.5) is 5.69 Å². The van der Waals surface area contributed by atoms with Crippen LogP contribution in [0, 0.1) is 5.41 Å². The third kappa shape index (κ3) is 2.85. The highest BCUT2D eigenvalue weighted by Crippen LogP contribution is 2.38. The maximum Gasteiger partial charge on any atom is 0.0398 e. The Morgan fingerprint density at radius 1 is 1.20 bits per heavy atom. The Kier molecular flexibility index (Phi) is 4.30. The zero-order valence-corrected chi connectivity index (χ0v) is 12.8. The summed E-state index contributed by atoms with van der Waals surface area (Å²) < 4.78 is 0. The van der Waals surface area contributed by atoms with Gasteiger partial charge in [0.15, 0.2) is 0 Å². The molecule has 0 amide bonds. The molecule has 1 aromatic rings. The van der Waals surface area contributed by atoms with Crippen LogP contribution in [0.5, 0.6) is 0 Å². The summed E-state index contributed by atoms with van der Waals surface area (Å²) in [5, 5.41) is 3.54. The fourth-order valence-corrected chi connectivity index (χ4v) is 4.16. The number of hydrogen-bond acceptors (Lipinski definition) is 2. The molecule has 0 saturated carbocycles. The van der Waals surface area contributed by atoms with E-state index < -0.39 is 0 Å². The molecule has 1 N–H and O–H groups in total. The SMILES string of the molecule is CCCC1(CN2CCCc3ccccc32)CCNCC1. The van der Waals surface area contributed by atoms with Crippen molar-refractivity contribution in [3.05, 3.63) is 29.8 Å². The molecule has 1 fully saturated rings. The van der Waals surface area contributed by atoms with E-state index in [0.29, 0.717) is 5.41 Å². The van der Waals surface area contributed by atoms with Crippen LogP contribution in [0.2, 0.25) is 0 Å². The lowest BCUT2D eigenvalue weighted by Crippen LogP contribution is -2.46. The van der Waals surface area contributed by atoms with Crippen LogP contribution in [-0.2, 0) is 6.42 Å². The molecule has 1 saturated heterocycles. The Labute approximate surface area is 123 Å². The number of rotatable bonds is 4. The quantitative estimate of drug-likeness (QED) is 0.901. The highest BCUT2D eigenvalue weighted by molar-refractivity contribution is 5.55. The number of para-hydroxylation sites is 1. The molecule has 2 aliphatic rings. The molecule has 2 heteroatoms. The van der Waals surface area contributed by atoms with Crippen LogP contribution in [0.15, 0.2) is 24.3 Å². The van der Waals surface area contributed by atoms with Crippen molar-refractivity contribution >= 4 is 5.69 Å². The molecule has 2 heterocycles. The van der Waals surface area contributed by atoms with Crippen molar-refractivity contribution in [3.63, 3.8) is 0 Å². The first-order valence-corrected chi connectivity index (χ1v) is 8.37. The second-order valence-corrected chi connectivity index (χ2v) is 6.65. The molecule has 110 valence electrons. The summed E-state index contributed by atoms with van der Waals surface area (Å²) in [5.74, 6) is 0. The molecule has 0 aliphatic carbocycles. The molecule has 20 heavy (non-hydrogen) atoms. The van der Waals surface area contributed by atoms with Crippen molar-refractivity contribution in [2.45, 2.75) is 45.4 Å². The number of fused-ring (bicyclic) bond motifs is 1. The number of anilines is 1. The summed E-state index contributed by atoms with van der Waals surface area (Å²) in [6.45, 7) is 7.26. The van der Waals surface area contributed by atoms with E-state index in [0.717, 1.165) is 0 Å². The van der Waals surface area contributed by atoms with Gasteiger partial charge < -0.3 is 10.2 Å². The average molecular weight is 272 g/mol. The molecule has 0 radical (unpaired) electrons. The molecule has 3 rings (SSSR count). The average Bonchev–Trinajstić information content (AvgIpc) is 2.49. The van der Waals surface area contributed by atoms with Crippen molar-refractivity contribution in [2.75, 3.05) is 31.1 Å². The zero-order chi connectivity index (χ0) is 13.8. The minimum atomic E-state index is 0.546. The molecular weight excluding hydrogens is 244 g/mol. The molecule has 0 atom stereocenters. The zero-order valence-electron chi connectivity index (χ0n) is 12.8. The van der Waals surface area contributed by atoms with Crippen LogP contribution in [0.1, 0.15) is 44.6 Å². The Morgan fingerprint density at radius 3 is 2.80 bits per heavy atom. The molecular formula is C18H28N2. The number of aryl methyl sites for hydroxylation is 1. The Bertz CT molecular complexity index is 429. The summed E-state index contributed by atoms with van der Waals surface area (Å²) in [7, 11) is 0. The fraction of sp³-hybridized carbons (Fsp3) is 0.667. The molecule has 1 aromatic carbocycles. The molecule has 2 aliphatic heterocycles. The van der Waals surface area contributed by atoms with E-state index >= 15 is 0 Å². The topological polar surface area (TPSA) is 15.3 Å². The van der Waals surface area contributed by atoms with E-state index in [1.807, 2.05) is 0 Å². The van der Waals surface area contributed by atoms with Crippen molar-refractivity contribution in [1.82, 2.24) is 5.32 Å². The number of hydrogen-bond donors (Lipinski definition) is 1. The smallest absolute Gasteiger partial charge is 0.0398 e. The van der Waals surface area contributed by atoms with Gasteiger partial charge in [-0.3, -0.25) is 0 Å². The van der Waals surface area contributed by atoms with Gasteiger partial charge in [-0.1, -0.05) is 31.5 Å². The van der Waals surface area contributed by atoms with E-state index in [9.17, 15) is 0 Å². The number of benzene rings is 1. The highest BCUT2D eigenvalue weighted by atomic mass is 15.1. The predicted octanol–water partition coefficient (Wildman–Crippen LogP) is 3.61. The normalized spacial score (nSPS) is 21.6. The highest BCUT2D eigenvalue weighted by Gasteiger charge is 2.34. The van der Waals surface area contributed by atoms with E-state index in [1.54, 1.807) is 5.56 Å². The number of nitrogens with one attached hydrogen (secondary N) is 1. The standard InChI is InChI=1S/C18H28N2/c1-2-9-18(10-12-19-13-11-18)15-20-14-5-7-16-6-3-4-8-17(16)20/h3-4,6,8,19H,2,5,7,9-15H2,1H3. The van der Waals surface area contributed by atoms with Crippen LogP contribution >= 0.6 is 0 Å². The fourth-order valence-electron chi connectivity index (χ4n) is 4.16. The van der Waals surface area contributed by atoms with Crippen molar-refractivity contribution in [1.29, 1.82) is 0 Å². The summed E-state index contributed by atoms with van der Waals surface area (Å²) in [5.41, 5.74) is 3.61. The largest absolute Gasteiger partial charge is 0.371 e. The van der Waals surface area contributed by atoms with Gasteiger partial charge in [-0.05, 0) is 62.2 Å². The second kappa shape index (κ2) is 6.17. The van der Waals surface area contributed by atoms with Crippen molar-refractivity contribution in [3.8, 4) is 0 Å². The van der Waals surface area contributed by atoms with Crippen LogP contribution in [0.3, 0.4) is 0 Å². The van der Waals surface area contributed by atoms with Gasteiger partial charge in [0, 0.05) is 18.8 Å². The minimum Gasteiger partial charge on any atom is -0.371 e. The van der Waals surface area contributed by atoms with Crippen molar-refractivity contribution < 1.29 is 0 Å². The minimum absolute atomic E-state index is 0.546. The van der Waals surface area contributed by atoms with Gasteiger partial charge in [0.25, 0.3) is 0 Å². The van der Waals surface area contributed by atoms with Crippen LogP contribution in [0.25, 0.3) is 0 Å². The Hall–Kier alpha value is -1.02. The first-order chi connectivity index (χ1) is 9.83. The van der Waals surface area contributed by atoms with E-state index in [4.69, 9.17) is 0 Å². The summed E-state index contributed by atoms with van der Waals surface area (Å²) >= 11 is 0. The second-order valence-electron chi connectivity index (χ2n) is 6.65. The molecule has 0 aromatic heterocycles. The monoisotopic (exact) mass is 272 g/mol. The van der Waals surface area contributed by atoms with Gasteiger partial charge in [0.2, 0.25) is 0 Å². The third-order valence-corrected chi connectivity index (χ3v) is 5.18. The Morgan fingerprint density at radius 2 is 2.00 bits per heavy atom. The summed E-state index contributed by atoms with van der Waals surface area (Å²) in [6.07, 6.45) is 7.97. The molecule has 0 spiro atoms. The van der Waals surface area contributed by atoms with Crippen LogP contribution in [-0.4, -0.2) is 26.2 Å². The first-order valence-electron chi connectivity index (χ1n) is 8.37. The predicted molar refractivity (Wildman–Crippen MR) is 86.4 cm³/mol. The lowest BCUT2D eigenvalue weighted by atomic mass is 9.74. The van der Waals surface area contributed by atoms with Gasteiger partial charge in [0.1, 0.15) is 0 Å². The van der Waals surface area contributed by atoms with E-state index in [-0.39, 0.29) is 0 Å². The number of piperidine rings is 1. The summed E-state index contributed by atoms with van der Waals surface area (Å²) in [4.78, 5) is 2.68. The van der Waals surface area contributed by atoms with Gasteiger partial charge in [-0.25, -0.2) is 0 Å². The number of nitrogens with zero attached hydrogens (tertiary/aromatic N) is 1. The van der Waals surface area contributed by atoms with Gasteiger partial charge in [-0.15, -0.1) is 0 Å². The lowest BCUT2D eigenvalue weighted by molar-refractivity contribution is 0.187. The Balaban J connectivity index is 1.79. The van der Waals surface area contributed by atoms with Gasteiger partial charge in [0.05, 0.1) is 0 Å².